The van der Waals surface area contributed by atoms with Gasteiger partial charge in [-0.25, -0.2) is 53.1 Å². The number of aliphatic hydroxyl groups excluding tert-OH is 3. The molecule has 0 saturated carbocycles. The third kappa shape index (κ3) is 27.4. The van der Waals surface area contributed by atoms with Crippen molar-refractivity contribution in [1.82, 2.24) is 0 Å². The lowest BCUT2D eigenvalue weighted by molar-refractivity contribution is -0.193. The average molecular weight is 1790 g/mol. The Hall–Kier alpha value is -11.2. The monoisotopic (exact) mass is 1780 g/mol. The molecule has 38 heteroatoms. The largest absolute Gasteiger partial charge is 0.444 e. The Morgan fingerprint density at radius 1 is 0.458 bits per heavy atom. The van der Waals surface area contributed by atoms with E-state index < -0.39 is 57.2 Å². The number of aliphatic hydroxyl groups is 3. The van der Waals surface area contributed by atoms with Gasteiger partial charge in [0.25, 0.3) is 0 Å². The molecule has 4 aliphatic heterocycles. The first-order chi connectivity index (χ1) is 56.3. The van der Waals surface area contributed by atoms with Gasteiger partial charge < -0.3 is 54.1 Å². The number of hydrogen-bond acceptors (Lipinski definition) is 21. The molecule has 4 fully saturated rings. The van der Waals surface area contributed by atoms with Crippen LogP contribution < -0.4 is 30.2 Å². The Bertz CT molecular complexity index is 4910. The first-order valence-electron chi connectivity index (χ1n) is 36.0. The van der Waals surface area contributed by atoms with Gasteiger partial charge in [-0.05, 0) is 193 Å². The van der Waals surface area contributed by atoms with Crippen molar-refractivity contribution < 1.29 is 91.4 Å². The standard InChI is InChI=1S/C17H23ClN2O3Si.2C13H13ClN2O3.C13H13ClN2O2.C12H15ClN2O.C11H13ClN2O.3CO2/c1-10-14(9-8-13(19-4)15(10)18)20-16(11(2)22-17(20)21)12(3)23-24(5,6)7;1-7-10(6-5-9(15-3)11(7)14)16-12(18-4)8(2)19-13(16)17;1-7-10(5-4-9(15-3)12(7)14)16-11(6-17)8(2)19-13(16)18;1-7-11(6-5-10(15-4)12(7)14)16-8(2)9(3)18-13(16)17;1-7-10(15-8(2)9(3)16)5-6-11(14-4)12(7)13;1-7(15)6-14-9-4-5-10(13-3)11(12)8(9)2;3*2-1-3/h8-9,11-12,16H,1-3,5-7H3;5-6,8,12H,1-2,4H3;4-5,8,11,17H,6H2,1-2H3;5-6,8-9H,1-3H3;5-6,8-9,15-16H,1-3H3;4-5,7,14-15H,6H2,1-2H3;;;/t11-,12?,16-;8-,12+;8-,11+;2*8-,9+;7-;;;/m111001.../s1. The normalized spacial score (nSPS) is 18.5. The summed E-state index contributed by atoms with van der Waals surface area (Å²) in [4.78, 5) is 123. The summed E-state index contributed by atoms with van der Waals surface area (Å²) in [6, 6.07) is 19.4. The summed E-state index contributed by atoms with van der Waals surface area (Å²) in [5.74, 6) is 0. The lowest BCUT2D eigenvalue weighted by Crippen LogP contribution is -2.48. The summed E-state index contributed by atoms with van der Waals surface area (Å²) in [6.07, 6.45) is -3.75. The molecule has 0 bridgehead atoms. The van der Waals surface area contributed by atoms with Gasteiger partial charge in [-0.1, -0.05) is 106 Å². The van der Waals surface area contributed by atoms with Crippen molar-refractivity contribution in [3.8, 4) is 0 Å². The van der Waals surface area contributed by atoms with Crippen LogP contribution in [0.4, 0.5) is 87.4 Å². The Labute approximate surface area is 727 Å². The molecule has 6 aromatic carbocycles. The number of rotatable bonds is 15. The van der Waals surface area contributed by atoms with Gasteiger partial charge in [-0.3, -0.25) is 14.7 Å². The van der Waals surface area contributed by atoms with E-state index in [9.17, 15) is 29.4 Å². The van der Waals surface area contributed by atoms with Gasteiger partial charge in [-0.2, -0.15) is 28.8 Å². The fraction of sp³-hybridized carbons (Fsp3) is 0.402. The van der Waals surface area contributed by atoms with Crippen LogP contribution in [-0.2, 0) is 56.9 Å². The van der Waals surface area contributed by atoms with Crippen molar-refractivity contribution >= 4 is 189 Å². The molecule has 0 aliphatic carbocycles. The van der Waals surface area contributed by atoms with Crippen LogP contribution in [-0.4, -0.2) is 160 Å². The molecule has 12 atom stereocenters. The highest BCUT2D eigenvalue weighted by Gasteiger charge is 2.47. The fourth-order valence-electron chi connectivity index (χ4n) is 11.9. The molecule has 0 aromatic heterocycles. The van der Waals surface area contributed by atoms with E-state index in [1.165, 1.54) is 16.9 Å². The van der Waals surface area contributed by atoms with Crippen molar-refractivity contribution in [1.29, 1.82) is 0 Å². The Kier molecular flexibility index (Phi) is 43.2. The second-order valence-corrected chi connectivity index (χ2v) is 34.2. The predicted octanol–water partition coefficient (Wildman–Crippen LogP) is 20.1. The minimum Gasteiger partial charge on any atom is -0.444 e. The molecule has 1 unspecified atom stereocenters. The Balaban J connectivity index is 0.000000480. The van der Waals surface area contributed by atoms with E-state index in [4.69, 9.17) is 171 Å². The van der Waals surface area contributed by atoms with Gasteiger partial charge in [-0.15, -0.1) is 0 Å². The van der Waals surface area contributed by atoms with E-state index in [0.717, 1.165) is 28.1 Å². The molecule has 10 rings (SSSR count). The van der Waals surface area contributed by atoms with E-state index in [-0.39, 0.29) is 73.7 Å². The second kappa shape index (κ2) is 49.4. The summed E-state index contributed by atoms with van der Waals surface area (Å²) in [5, 5.41) is 36.5. The summed E-state index contributed by atoms with van der Waals surface area (Å²) < 4.78 is 32.3. The number of carbonyl (C=O) groups is 4. The number of anilines is 6. The molecule has 4 aliphatic rings. The van der Waals surface area contributed by atoms with Gasteiger partial charge in [0.15, 0.2) is 14.5 Å². The molecular weight excluding hydrogens is 1700 g/mol. The second-order valence-electron chi connectivity index (χ2n) is 27.5. The molecule has 31 nitrogen and oxygen atoms in total. The maximum atomic E-state index is 12.4. The zero-order valence-electron chi connectivity index (χ0n) is 68.9. The molecule has 4 saturated heterocycles. The first kappa shape index (κ1) is 105. The molecule has 0 radical (unpaired) electrons. The summed E-state index contributed by atoms with van der Waals surface area (Å²) in [5.41, 5.74) is 11.0. The molecular formula is C82H90Cl6N12O19Si. The molecule has 4 amide bonds. The van der Waals surface area contributed by atoms with Crippen LogP contribution in [0.1, 0.15) is 95.7 Å². The minimum absolute atomic E-state index is 0.0499. The van der Waals surface area contributed by atoms with E-state index >= 15 is 0 Å². The van der Waals surface area contributed by atoms with E-state index in [1.807, 2.05) is 61.5 Å². The van der Waals surface area contributed by atoms with Crippen LogP contribution in [0.15, 0.2) is 72.8 Å². The number of halogens is 6. The van der Waals surface area contributed by atoms with Crippen LogP contribution in [0.3, 0.4) is 0 Å². The van der Waals surface area contributed by atoms with Crippen LogP contribution in [0.25, 0.3) is 29.1 Å². The number of hydrogen-bond donors (Lipinski definition) is 5. The number of benzene rings is 6. The van der Waals surface area contributed by atoms with Crippen molar-refractivity contribution in [3.05, 3.63) is 205 Å². The molecule has 0 spiro atoms. The highest BCUT2D eigenvalue weighted by molar-refractivity contribution is 6.69. The highest BCUT2D eigenvalue weighted by Crippen LogP contribution is 2.44. The van der Waals surface area contributed by atoms with Gasteiger partial charge in [0.1, 0.15) is 36.5 Å². The third-order valence-corrected chi connectivity index (χ3v) is 22.3. The number of ether oxygens (including phenoxy) is 5. The number of nitrogens with one attached hydrogen (secondary N) is 2. The zero-order valence-corrected chi connectivity index (χ0v) is 74.4. The predicted molar refractivity (Wildman–Crippen MR) is 457 cm³/mol. The third-order valence-electron chi connectivity index (χ3n) is 18.3. The molecule has 4 heterocycles. The maximum Gasteiger partial charge on any atom is 0.417 e. The lowest BCUT2D eigenvalue weighted by atomic mass is 10.0. The van der Waals surface area contributed by atoms with E-state index in [2.05, 4.69) is 59.3 Å². The maximum absolute atomic E-state index is 12.4. The van der Waals surface area contributed by atoms with Crippen LogP contribution in [0.2, 0.25) is 49.8 Å². The molecule has 638 valence electrons. The quantitative estimate of drug-likeness (QED) is 0.0362. The zero-order chi connectivity index (χ0) is 91.8. The smallest absolute Gasteiger partial charge is 0.417 e. The van der Waals surface area contributed by atoms with E-state index in [0.29, 0.717) is 110 Å². The van der Waals surface area contributed by atoms with Crippen LogP contribution in [0, 0.1) is 81.0 Å². The number of methoxy groups -OCH3 is 1. The lowest BCUT2D eigenvalue weighted by Gasteiger charge is -2.33. The van der Waals surface area contributed by atoms with Gasteiger partial charge >= 0.3 is 42.8 Å². The SMILES string of the molecule is O=C=O.O=C=O.O=C=O.[C-]#[N+]c1ccc(N2C(=O)O[C@H](C)[C@@H]2C(C)O[Si](C)(C)C)c(C)c1Cl.[C-]#[N+]c1ccc(N2C(=O)O[C@H](C)[C@@H]2C)c(C)c1Cl.[C-]#[N+]c1ccc(N2C(=O)O[C@H](C)[C@@H]2CO)c(C)c1Cl.[C-]#[N+]c1ccc(N2C(=O)O[C@H](C)[C@@H]2OC)c(C)c1Cl.[C-]#[N+]c1ccc(NC[C@@H](C)O)c(C)c1Cl.[C-]#[N+]c1ccc(N[C@@H](C)[C@@H](C)O)c(C)c1Cl. The highest BCUT2D eigenvalue weighted by atomic mass is 35.5. The number of carbonyl (C=O) groups excluding carboxylic acids is 10. The van der Waals surface area contributed by atoms with Gasteiger partial charge in [0.2, 0.25) is 34.1 Å². The van der Waals surface area contributed by atoms with Crippen LogP contribution >= 0.6 is 69.6 Å². The molecule has 5 N–H and O–H groups in total. The summed E-state index contributed by atoms with van der Waals surface area (Å²) in [7, 11) is -0.254. The van der Waals surface area contributed by atoms with Crippen LogP contribution in [0.5, 0.6) is 0 Å². The van der Waals surface area contributed by atoms with E-state index in [1.54, 1.807) is 125 Å². The number of cyclic esters (lactones) is 4. The molecule has 6 aromatic rings. The number of amides is 4. The van der Waals surface area contributed by atoms with Crippen molar-refractivity contribution in [3.63, 3.8) is 0 Å². The van der Waals surface area contributed by atoms with Crippen molar-refractivity contribution in [2.45, 2.75) is 197 Å². The minimum atomic E-state index is -1.77. The molecule has 120 heavy (non-hydrogen) atoms. The number of nitrogens with zero attached hydrogens (tertiary/aromatic N) is 10. The summed E-state index contributed by atoms with van der Waals surface area (Å²) >= 11 is 36.7. The summed E-state index contributed by atoms with van der Waals surface area (Å²) in [6.45, 7) is 75.9. The van der Waals surface area contributed by atoms with Gasteiger partial charge in [0, 0.05) is 48.1 Å². The first-order valence-corrected chi connectivity index (χ1v) is 41.7. The fourth-order valence-corrected chi connectivity index (χ4v) is 14.4. The van der Waals surface area contributed by atoms with Crippen molar-refractivity contribution in [2.24, 2.45) is 0 Å². The Morgan fingerprint density at radius 3 is 1.10 bits per heavy atom. The average Bonchev–Trinajstić information content (AvgIpc) is 1.62. The van der Waals surface area contributed by atoms with Gasteiger partial charge in [0.05, 0.1) is 106 Å². The topological polar surface area (TPSA) is 350 Å². The Morgan fingerprint density at radius 2 is 0.758 bits per heavy atom. The van der Waals surface area contributed by atoms with Crippen molar-refractivity contribution in [2.75, 3.05) is 50.5 Å².